The minimum atomic E-state index is -0.477. The molecule has 2 nitrogen and oxygen atoms in total. The molecule has 0 unspecified atom stereocenters. The lowest BCUT2D eigenvalue weighted by molar-refractivity contribution is -0.00186. The van der Waals surface area contributed by atoms with Gasteiger partial charge in [0.05, 0.1) is 6.10 Å². The van der Waals surface area contributed by atoms with Gasteiger partial charge in [0.1, 0.15) is 6.10 Å². The van der Waals surface area contributed by atoms with Crippen LogP contribution in [0.5, 0.6) is 0 Å². The third kappa shape index (κ3) is 6.22. The zero-order valence-electron chi connectivity index (χ0n) is 12.5. The van der Waals surface area contributed by atoms with E-state index in [1.54, 1.807) is 7.11 Å². The Morgan fingerprint density at radius 1 is 1.16 bits per heavy atom. The van der Waals surface area contributed by atoms with Gasteiger partial charge in [0.15, 0.2) is 0 Å². The van der Waals surface area contributed by atoms with Crippen LogP contribution in [-0.4, -0.2) is 24.4 Å². The van der Waals surface area contributed by atoms with Gasteiger partial charge >= 0.3 is 0 Å². The smallest absolute Gasteiger partial charge is 0.102 e. The number of hydrogen-bond donors (Lipinski definition) is 1. The first-order valence-corrected chi connectivity index (χ1v) is 7.35. The minimum Gasteiger partial charge on any atom is -0.389 e. The summed E-state index contributed by atoms with van der Waals surface area (Å²) in [5, 5.41) is 10.3. The lowest BCUT2D eigenvalue weighted by Crippen LogP contribution is -2.31. The van der Waals surface area contributed by atoms with Crippen LogP contribution < -0.4 is 0 Å². The molecule has 0 saturated carbocycles. The van der Waals surface area contributed by atoms with Crippen molar-refractivity contribution in [1.82, 2.24) is 0 Å². The topological polar surface area (TPSA) is 29.5 Å². The molecule has 1 N–H and O–H groups in total. The van der Waals surface area contributed by atoms with Gasteiger partial charge in [-0.3, -0.25) is 0 Å². The van der Waals surface area contributed by atoms with Crippen LogP contribution in [-0.2, 0) is 4.74 Å². The van der Waals surface area contributed by atoms with E-state index in [2.05, 4.69) is 38.2 Å². The number of allylic oxidation sites excluding steroid dienone is 4. The summed E-state index contributed by atoms with van der Waals surface area (Å²) >= 11 is 0. The SMILES string of the molecule is CO[C@H]1/C=C/CC/C=C/CCC/C(C)=C\[C@@H](C)[C@@H]1O. The molecule has 0 saturated heterocycles. The Kier molecular flexibility index (Phi) is 7.76. The fraction of sp³-hybridized carbons (Fsp3) is 0.647. The summed E-state index contributed by atoms with van der Waals surface area (Å²) in [6.45, 7) is 4.20. The molecular formula is C17H28O2. The molecule has 0 aromatic heterocycles. The van der Waals surface area contributed by atoms with E-state index in [9.17, 15) is 5.11 Å². The second-order valence-corrected chi connectivity index (χ2v) is 5.43. The molecule has 3 atom stereocenters. The Bertz CT molecular complexity index is 328. The maximum absolute atomic E-state index is 10.3. The van der Waals surface area contributed by atoms with Crippen LogP contribution in [0.25, 0.3) is 0 Å². The van der Waals surface area contributed by atoms with Gasteiger partial charge in [-0.15, -0.1) is 0 Å². The second-order valence-electron chi connectivity index (χ2n) is 5.43. The Labute approximate surface area is 117 Å². The van der Waals surface area contributed by atoms with Crippen LogP contribution in [0, 0.1) is 5.92 Å². The highest BCUT2D eigenvalue weighted by molar-refractivity contribution is 5.06. The van der Waals surface area contributed by atoms with Gasteiger partial charge in [-0.05, 0) is 39.0 Å². The van der Waals surface area contributed by atoms with E-state index in [4.69, 9.17) is 4.74 Å². The normalized spacial score (nSPS) is 36.8. The van der Waals surface area contributed by atoms with Gasteiger partial charge in [-0.25, -0.2) is 0 Å². The fourth-order valence-electron chi connectivity index (χ4n) is 2.42. The zero-order valence-corrected chi connectivity index (χ0v) is 12.5. The third-order valence-electron chi connectivity index (χ3n) is 3.63. The lowest BCUT2D eigenvalue weighted by atomic mass is 9.95. The van der Waals surface area contributed by atoms with Gasteiger partial charge in [-0.2, -0.15) is 0 Å². The highest BCUT2D eigenvalue weighted by Crippen LogP contribution is 2.18. The van der Waals surface area contributed by atoms with Crippen molar-refractivity contribution in [2.75, 3.05) is 7.11 Å². The van der Waals surface area contributed by atoms with E-state index in [0.717, 1.165) is 25.7 Å². The van der Waals surface area contributed by atoms with Crippen molar-refractivity contribution in [3.8, 4) is 0 Å². The van der Waals surface area contributed by atoms with Crippen molar-refractivity contribution in [1.29, 1.82) is 0 Å². The van der Waals surface area contributed by atoms with Gasteiger partial charge < -0.3 is 9.84 Å². The summed E-state index contributed by atoms with van der Waals surface area (Å²) in [7, 11) is 1.66. The number of hydrogen-bond acceptors (Lipinski definition) is 2. The average Bonchev–Trinajstić information content (AvgIpc) is 2.39. The molecule has 0 radical (unpaired) electrons. The molecule has 0 aromatic rings. The third-order valence-corrected chi connectivity index (χ3v) is 3.63. The van der Waals surface area contributed by atoms with Crippen LogP contribution in [0.3, 0.4) is 0 Å². The Morgan fingerprint density at radius 3 is 2.58 bits per heavy atom. The summed E-state index contributed by atoms with van der Waals surface area (Å²) in [6, 6.07) is 0. The van der Waals surface area contributed by atoms with Gasteiger partial charge in [0.2, 0.25) is 0 Å². The highest BCUT2D eigenvalue weighted by Gasteiger charge is 2.21. The molecule has 1 aliphatic rings. The predicted octanol–water partition coefficient (Wildman–Crippen LogP) is 4.02. The Morgan fingerprint density at radius 2 is 1.84 bits per heavy atom. The van der Waals surface area contributed by atoms with Gasteiger partial charge in [0.25, 0.3) is 0 Å². The first-order valence-electron chi connectivity index (χ1n) is 7.35. The molecule has 0 aromatic carbocycles. The standard InChI is InChI=1S/C17H28O2/c1-14-11-9-7-5-4-6-8-10-12-16(19-3)17(18)15(2)13-14/h4-5,10,12-13,15-18H,6-9,11H2,1-3H3/b5-4+,12-10+,14-13-/t15-,16+,17+/m1/s1. The number of aliphatic hydroxyl groups excluding tert-OH is 1. The molecule has 0 spiro atoms. The molecule has 0 aliphatic heterocycles. The number of ether oxygens (including phenoxy) is 1. The first kappa shape index (κ1) is 16.2. The van der Waals surface area contributed by atoms with Crippen LogP contribution in [0.2, 0.25) is 0 Å². The van der Waals surface area contributed by atoms with E-state index < -0.39 is 6.10 Å². The monoisotopic (exact) mass is 264 g/mol. The largest absolute Gasteiger partial charge is 0.389 e. The lowest BCUT2D eigenvalue weighted by Gasteiger charge is -2.23. The van der Waals surface area contributed by atoms with Crippen molar-refractivity contribution >= 4 is 0 Å². The van der Waals surface area contributed by atoms with Crippen molar-refractivity contribution in [2.45, 2.75) is 58.2 Å². The van der Waals surface area contributed by atoms with Crippen LogP contribution in [0.4, 0.5) is 0 Å². The maximum atomic E-state index is 10.3. The molecule has 19 heavy (non-hydrogen) atoms. The molecule has 0 amide bonds. The maximum Gasteiger partial charge on any atom is 0.102 e. The van der Waals surface area contributed by atoms with E-state index >= 15 is 0 Å². The average molecular weight is 264 g/mol. The van der Waals surface area contributed by atoms with Crippen LogP contribution in [0.1, 0.15) is 46.0 Å². The fourth-order valence-corrected chi connectivity index (χ4v) is 2.42. The second kappa shape index (κ2) is 9.11. The number of rotatable bonds is 1. The van der Waals surface area contributed by atoms with Gasteiger partial charge in [-0.1, -0.05) is 42.9 Å². The highest BCUT2D eigenvalue weighted by atomic mass is 16.5. The van der Waals surface area contributed by atoms with E-state index in [1.807, 2.05) is 6.08 Å². The molecule has 0 fully saturated rings. The first-order chi connectivity index (χ1) is 9.15. The molecule has 0 bridgehead atoms. The van der Waals surface area contributed by atoms with Crippen LogP contribution in [0.15, 0.2) is 36.0 Å². The summed E-state index contributed by atoms with van der Waals surface area (Å²) < 4.78 is 5.38. The summed E-state index contributed by atoms with van der Waals surface area (Å²) in [5.74, 6) is 0.119. The van der Waals surface area contributed by atoms with E-state index in [0.29, 0.717) is 0 Å². The van der Waals surface area contributed by atoms with E-state index in [-0.39, 0.29) is 12.0 Å². The number of aliphatic hydroxyl groups is 1. The summed E-state index contributed by atoms with van der Waals surface area (Å²) in [4.78, 5) is 0. The number of methoxy groups -OCH3 is 1. The van der Waals surface area contributed by atoms with E-state index in [1.165, 1.54) is 12.0 Å². The molecule has 2 heteroatoms. The van der Waals surface area contributed by atoms with Crippen molar-refractivity contribution in [2.24, 2.45) is 5.92 Å². The molecule has 1 rings (SSSR count). The Hall–Kier alpha value is -0.860. The molecule has 1 aliphatic carbocycles. The molecule has 0 heterocycles. The van der Waals surface area contributed by atoms with Crippen molar-refractivity contribution in [3.05, 3.63) is 36.0 Å². The van der Waals surface area contributed by atoms with Crippen molar-refractivity contribution in [3.63, 3.8) is 0 Å². The molecule has 108 valence electrons. The quantitative estimate of drug-likeness (QED) is 0.725. The van der Waals surface area contributed by atoms with Gasteiger partial charge in [0, 0.05) is 13.0 Å². The summed E-state index contributed by atoms with van der Waals surface area (Å²) in [5.41, 5.74) is 1.36. The van der Waals surface area contributed by atoms with Crippen LogP contribution >= 0.6 is 0 Å². The summed E-state index contributed by atoms with van der Waals surface area (Å²) in [6.07, 6.45) is 15.6. The molecular weight excluding hydrogens is 236 g/mol. The predicted molar refractivity (Wildman–Crippen MR) is 81.1 cm³/mol. The Balaban J connectivity index is 2.77. The minimum absolute atomic E-state index is 0.119. The van der Waals surface area contributed by atoms with Crippen molar-refractivity contribution < 1.29 is 9.84 Å². The zero-order chi connectivity index (χ0) is 14.1.